The number of nitrogens with one attached hydrogen (secondary N) is 1. The summed E-state index contributed by atoms with van der Waals surface area (Å²) in [5.41, 5.74) is 1.19. The molecule has 118 valence electrons. The van der Waals surface area contributed by atoms with E-state index in [0.717, 1.165) is 37.6 Å². The third-order valence-electron chi connectivity index (χ3n) is 4.19. The Bertz CT molecular complexity index is 623. The van der Waals surface area contributed by atoms with Gasteiger partial charge in [0.15, 0.2) is 11.9 Å². The van der Waals surface area contributed by atoms with Crippen molar-refractivity contribution in [3.05, 3.63) is 41.5 Å². The first kappa shape index (κ1) is 15.3. The van der Waals surface area contributed by atoms with Gasteiger partial charge in [0.1, 0.15) is 5.75 Å². The maximum atomic E-state index is 5.89. The molecule has 0 bridgehead atoms. The predicted molar refractivity (Wildman–Crippen MR) is 83.3 cm³/mol. The molecule has 2 aliphatic rings. The van der Waals surface area contributed by atoms with Crippen molar-refractivity contribution in [2.75, 3.05) is 26.7 Å². The van der Waals surface area contributed by atoms with Gasteiger partial charge in [0, 0.05) is 26.1 Å². The molecule has 6 nitrogen and oxygen atoms in total. The highest BCUT2D eigenvalue weighted by atomic mass is 35.5. The van der Waals surface area contributed by atoms with Crippen LogP contribution in [0.15, 0.2) is 28.8 Å². The molecule has 2 aliphatic heterocycles. The van der Waals surface area contributed by atoms with E-state index in [2.05, 4.69) is 33.5 Å². The number of para-hydroxylation sites is 1. The molecule has 1 aromatic carbocycles. The zero-order valence-electron chi connectivity index (χ0n) is 12.4. The average molecular weight is 323 g/mol. The van der Waals surface area contributed by atoms with Crippen LogP contribution in [0, 0.1) is 0 Å². The number of benzene rings is 1. The second-order valence-electron chi connectivity index (χ2n) is 5.61. The van der Waals surface area contributed by atoms with Gasteiger partial charge in [0.2, 0.25) is 0 Å². The molecule has 3 heterocycles. The fourth-order valence-electron chi connectivity index (χ4n) is 2.93. The Morgan fingerprint density at radius 2 is 2.18 bits per heavy atom. The van der Waals surface area contributed by atoms with Gasteiger partial charge < -0.3 is 14.6 Å². The summed E-state index contributed by atoms with van der Waals surface area (Å²) in [7, 11) is 2.09. The van der Waals surface area contributed by atoms with Gasteiger partial charge >= 0.3 is 0 Å². The number of piperazine rings is 1. The third kappa shape index (κ3) is 2.69. The monoisotopic (exact) mass is 322 g/mol. The number of hydrogen-bond donors (Lipinski definition) is 1. The van der Waals surface area contributed by atoms with E-state index in [0.29, 0.717) is 5.89 Å². The number of ether oxygens (including phenoxy) is 1. The van der Waals surface area contributed by atoms with Crippen LogP contribution in [0.5, 0.6) is 5.75 Å². The summed E-state index contributed by atoms with van der Waals surface area (Å²) in [6, 6.07) is 8.21. The van der Waals surface area contributed by atoms with Crippen molar-refractivity contribution in [1.82, 2.24) is 20.4 Å². The lowest BCUT2D eigenvalue weighted by Crippen LogP contribution is -2.44. The van der Waals surface area contributed by atoms with Crippen LogP contribution < -0.4 is 10.1 Å². The third-order valence-corrected chi connectivity index (χ3v) is 4.19. The number of fused-ring (bicyclic) bond motifs is 1. The fraction of sp³-hybridized carbons (Fsp3) is 0.467. The van der Waals surface area contributed by atoms with Gasteiger partial charge in [-0.2, -0.15) is 4.98 Å². The lowest BCUT2D eigenvalue weighted by atomic mass is 10.1. The van der Waals surface area contributed by atoms with Crippen LogP contribution in [-0.4, -0.2) is 41.7 Å². The number of aromatic nitrogens is 2. The van der Waals surface area contributed by atoms with E-state index in [4.69, 9.17) is 9.26 Å². The van der Waals surface area contributed by atoms with E-state index in [1.54, 1.807) is 0 Å². The summed E-state index contributed by atoms with van der Waals surface area (Å²) >= 11 is 0. The summed E-state index contributed by atoms with van der Waals surface area (Å²) in [4.78, 5) is 6.81. The van der Waals surface area contributed by atoms with Gasteiger partial charge in [-0.3, -0.25) is 4.90 Å². The highest BCUT2D eigenvalue weighted by Gasteiger charge is 2.31. The smallest absolute Gasteiger partial charge is 0.268 e. The van der Waals surface area contributed by atoms with E-state index in [-0.39, 0.29) is 24.6 Å². The molecule has 22 heavy (non-hydrogen) atoms. The van der Waals surface area contributed by atoms with Crippen molar-refractivity contribution in [1.29, 1.82) is 0 Å². The number of likely N-dealkylation sites (N-methyl/N-ethyl adjacent to an activating group) is 1. The normalized spacial score (nSPS) is 24.4. The molecule has 7 heteroatoms. The molecule has 1 saturated heterocycles. The minimum Gasteiger partial charge on any atom is -0.480 e. The van der Waals surface area contributed by atoms with Crippen molar-refractivity contribution >= 4 is 12.4 Å². The van der Waals surface area contributed by atoms with E-state index in [1.165, 1.54) is 5.56 Å². The number of rotatable bonds is 2. The zero-order chi connectivity index (χ0) is 14.2. The SMILES string of the molecule is CN1CCNCC1c1noc(C2Cc3ccccc3O2)n1.Cl. The molecule has 0 radical (unpaired) electrons. The summed E-state index contributed by atoms with van der Waals surface area (Å²) in [5, 5.41) is 7.51. The molecule has 1 N–H and O–H groups in total. The number of hydrogen-bond acceptors (Lipinski definition) is 6. The minimum atomic E-state index is -0.162. The Labute approximate surface area is 135 Å². The highest BCUT2D eigenvalue weighted by molar-refractivity contribution is 5.85. The first-order valence-corrected chi connectivity index (χ1v) is 7.30. The topological polar surface area (TPSA) is 63.4 Å². The molecule has 2 atom stereocenters. The predicted octanol–water partition coefficient (Wildman–Crippen LogP) is 1.74. The van der Waals surface area contributed by atoms with Crippen LogP contribution in [-0.2, 0) is 6.42 Å². The van der Waals surface area contributed by atoms with E-state index < -0.39 is 0 Å². The van der Waals surface area contributed by atoms with Gasteiger partial charge in [-0.1, -0.05) is 23.4 Å². The Balaban J connectivity index is 0.00000144. The van der Waals surface area contributed by atoms with Gasteiger partial charge in [0.05, 0.1) is 6.04 Å². The van der Waals surface area contributed by atoms with Crippen molar-refractivity contribution in [2.24, 2.45) is 0 Å². The highest BCUT2D eigenvalue weighted by Crippen LogP contribution is 2.36. The largest absolute Gasteiger partial charge is 0.480 e. The first-order chi connectivity index (χ1) is 10.3. The number of halogens is 1. The average Bonchev–Trinajstić information content (AvgIpc) is 3.14. The molecule has 2 aromatic rings. The Morgan fingerprint density at radius 1 is 1.32 bits per heavy atom. The van der Waals surface area contributed by atoms with E-state index >= 15 is 0 Å². The van der Waals surface area contributed by atoms with Gasteiger partial charge in [-0.15, -0.1) is 12.4 Å². The molecular weight excluding hydrogens is 304 g/mol. The van der Waals surface area contributed by atoms with Crippen LogP contribution in [0.3, 0.4) is 0 Å². The van der Waals surface area contributed by atoms with Crippen molar-refractivity contribution in [3.8, 4) is 5.75 Å². The summed E-state index contributed by atoms with van der Waals surface area (Å²) < 4.78 is 11.3. The van der Waals surface area contributed by atoms with Crippen LogP contribution in [0.1, 0.15) is 29.4 Å². The molecule has 0 amide bonds. The quantitative estimate of drug-likeness (QED) is 0.908. The molecule has 0 aliphatic carbocycles. The van der Waals surface area contributed by atoms with E-state index in [9.17, 15) is 0 Å². The minimum absolute atomic E-state index is 0. The van der Waals surface area contributed by atoms with Crippen LogP contribution >= 0.6 is 12.4 Å². The second kappa shape index (κ2) is 6.24. The van der Waals surface area contributed by atoms with Crippen molar-refractivity contribution in [2.45, 2.75) is 18.6 Å². The molecular formula is C15H19ClN4O2. The van der Waals surface area contributed by atoms with Gasteiger partial charge in [-0.05, 0) is 18.7 Å². The van der Waals surface area contributed by atoms with Crippen LogP contribution in [0.4, 0.5) is 0 Å². The Morgan fingerprint density at radius 3 is 3.00 bits per heavy atom. The molecule has 2 unspecified atom stereocenters. The Kier molecular flexibility index (Phi) is 4.33. The Hall–Kier alpha value is -1.63. The maximum absolute atomic E-state index is 5.89. The summed E-state index contributed by atoms with van der Waals surface area (Å²) in [6.07, 6.45) is 0.627. The lowest BCUT2D eigenvalue weighted by Gasteiger charge is -2.30. The van der Waals surface area contributed by atoms with Crippen LogP contribution in [0.2, 0.25) is 0 Å². The molecule has 4 rings (SSSR count). The maximum Gasteiger partial charge on any atom is 0.268 e. The number of nitrogens with zero attached hydrogens (tertiary/aromatic N) is 3. The molecule has 0 saturated carbocycles. The van der Waals surface area contributed by atoms with Crippen LogP contribution in [0.25, 0.3) is 0 Å². The summed E-state index contributed by atoms with van der Waals surface area (Å²) in [6.45, 7) is 2.83. The standard InChI is InChI=1S/C15H18N4O2.ClH/c1-19-7-6-16-9-11(19)14-17-15(21-18-14)13-8-10-4-2-3-5-12(10)20-13;/h2-5,11,13,16H,6-9H2,1H3;1H. The zero-order valence-corrected chi connectivity index (χ0v) is 13.2. The van der Waals surface area contributed by atoms with Crippen molar-refractivity contribution < 1.29 is 9.26 Å². The second-order valence-corrected chi connectivity index (χ2v) is 5.61. The van der Waals surface area contributed by atoms with Gasteiger partial charge in [0.25, 0.3) is 5.89 Å². The molecule has 1 fully saturated rings. The van der Waals surface area contributed by atoms with Gasteiger partial charge in [-0.25, -0.2) is 0 Å². The lowest BCUT2D eigenvalue weighted by molar-refractivity contribution is 0.179. The van der Waals surface area contributed by atoms with E-state index in [1.807, 2.05) is 18.2 Å². The first-order valence-electron chi connectivity index (χ1n) is 7.30. The summed E-state index contributed by atoms with van der Waals surface area (Å²) in [5.74, 6) is 2.22. The molecule has 1 aromatic heterocycles. The van der Waals surface area contributed by atoms with Crippen molar-refractivity contribution in [3.63, 3.8) is 0 Å². The fourth-order valence-corrected chi connectivity index (χ4v) is 2.93. The molecule has 0 spiro atoms.